The molecule has 1 unspecified atom stereocenters. The van der Waals surface area contributed by atoms with Gasteiger partial charge in [-0.1, -0.05) is 13.8 Å². The summed E-state index contributed by atoms with van der Waals surface area (Å²) in [4.78, 5) is 1.35. The summed E-state index contributed by atoms with van der Waals surface area (Å²) in [5, 5.41) is 11.3. The second-order valence-corrected chi connectivity index (χ2v) is 5.93. The Hall–Kier alpha value is 0.140. The van der Waals surface area contributed by atoms with Crippen LogP contribution in [0.4, 0.5) is 0 Å². The van der Waals surface area contributed by atoms with E-state index in [1.54, 1.807) is 11.3 Å². The minimum Gasteiger partial charge on any atom is -0.396 e. The van der Waals surface area contributed by atoms with Crippen LogP contribution in [0.2, 0.25) is 0 Å². The average molecular weight is 277 g/mol. The molecule has 3 heteroatoms. The standard InChI is InChI=1S/C11H17BrOS/c1-8(2)5-9(7-13)6-11-10(12)3-4-14-11/h3-4,8-9,13H,5-7H2,1-2H3. The predicted octanol–water partition coefficient (Wildman–Crippen LogP) is 3.71. The first-order chi connectivity index (χ1) is 6.63. The highest BCUT2D eigenvalue weighted by molar-refractivity contribution is 9.10. The molecule has 0 radical (unpaired) electrons. The fraction of sp³-hybridized carbons (Fsp3) is 0.636. The van der Waals surface area contributed by atoms with Gasteiger partial charge in [0.05, 0.1) is 0 Å². The minimum atomic E-state index is 0.294. The summed E-state index contributed by atoms with van der Waals surface area (Å²) in [5.74, 6) is 1.07. The van der Waals surface area contributed by atoms with Gasteiger partial charge < -0.3 is 5.11 Å². The molecule has 0 bridgehead atoms. The zero-order valence-electron chi connectivity index (χ0n) is 8.66. The first kappa shape index (κ1) is 12.2. The van der Waals surface area contributed by atoms with E-state index >= 15 is 0 Å². The maximum atomic E-state index is 9.25. The highest BCUT2D eigenvalue weighted by Gasteiger charge is 2.13. The summed E-state index contributed by atoms with van der Waals surface area (Å²) in [6.45, 7) is 4.70. The Morgan fingerprint density at radius 3 is 2.64 bits per heavy atom. The van der Waals surface area contributed by atoms with Gasteiger partial charge in [-0.05, 0) is 52.1 Å². The second kappa shape index (κ2) is 5.89. The van der Waals surface area contributed by atoms with Crippen LogP contribution in [0.15, 0.2) is 15.9 Å². The molecule has 1 rings (SSSR count). The Morgan fingerprint density at radius 2 is 2.21 bits per heavy atom. The van der Waals surface area contributed by atoms with E-state index in [2.05, 4.69) is 41.2 Å². The summed E-state index contributed by atoms with van der Waals surface area (Å²) >= 11 is 5.28. The Labute approximate surface area is 98.3 Å². The summed E-state index contributed by atoms with van der Waals surface area (Å²) in [6, 6.07) is 2.07. The maximum absolute atomic E-state index is 9.25. The van der Waals surface area contributed by atoms with E-state index < -0.39 is 0 Å². The van der Waals surface area contributed by atoms with Gasteiger partial charge in [0.15, 0.2) is 0 Å². The van der Waals surface area contributed by atoms with Crippen molar-refractivity contribution in [2.24, 2.45) is 11.8 Å². The fourth-order valence-corrected chi connectivity index (χ4v) is 3.25. The SMILES string of the molecule is CC(C)CC(CO)Cc1sccc1Br. The van der Waals surface area contributed by atoms with Crippen molar-refractivity contribution in [2.75, 3.05) is 6.61 Å². The maximum Gasteiger partial charge on any atom is 0.0462 e. The van der Waals surface area contributed by atoms with Gasteiger partial charge in [0.1, 0.15) is 0 Å². The molecule has 0 amide bonds. The number of aliphatic hydroxyl groups excluding tert-OH is 1. The van der Waals surface area contributed by atoms with E-state index in [9.17, 15) is 5.11 Å². The van der Waals surface area contributed by atoms with Crippen molar-refractivity contribution in [2.45, 2.75) is 26.7 Å². The molecule has 0 aliphatic heterocycles. The lowest BCUT2D eigenvalue weighted by molar-refractivity contribution is 0.206. The summed E-state index contributed by atoms with van der Waals surface area (Å²) in [5.41, 5.74) is 0. The zero-order chi connectivity index (χ0) is 10.6. The van der Waals surface area contributed by atoms with Crippen LogP contribution in [0.5, 0.6) is 0 Å². The molecule has 1 heterocycles. The van der Waals surface area contributed by atoms with Gasteiger partial charge in [-0.3, -0.25) is 0 Å². The Balaban J connectivity index is 2.52. The molecule has 0 fully saturated rings. The Kier molecular flexibility index (Phi) is 5.13. The largest absolute Gasteiger partial charge is 0.396 e. The topological polar surface area (TPSA) is 20.2 Å². The number of hydrogen-bond donors (Lipinski definition) is 1. The molecule has 1 atom stereocenters. The van der Waals surface area contributed by atoms with Crippen molar-refractivity contribution in [1.82, 2.24) is 0 Å². The molecule has 0 saturated heterocycles. The molecule has 0 aromatic carbocycles. The van der Waals surface area contributed by atoms with Crippen molar-refractivity contribution < 1.29 is 5.11 Å². The van der Waals surface area contributed by atoms with E-state index in [0.717, 1.165) is 12.8 Å². The van der Waals surface area contributed by atoms with E-state index in [0.29, 0.717) is 18.4 Å². The van der Waals surface area contributed by atoms with Crippen LogP contribution in [0, 0.1) is 11.8 Å². The Morgan fingerprint density at radius 1 is 1.50 bits per heavy atom. The van der Waals surface area contributed by atoms with E-state index in [1.165, 1.54) is 9.35 Å². The van der Waals surface area contributed by atoms with Crippen LogP contribution in [-0.2, 0) is 6.42 Å². The van der Waals surface area contributed by atoms with E-state index in [4.69, 9.17) is 0 Å². The third-order valence-electron chi connectivity index (χ3n) is 2.23. The lowest BCUT2D eigenvalue weighted by Gasteiger charge is -2.15. The molecule has 1 nitrogen and oxygen atoms in total. The van der Waals surface area contributed by atoms with Crippen molar-refractivity contribution in [3.05, 3.63) is 20.8 Å². The fourth-order valence-electron chi connectivity index (χ4n) is 1.62. The lowest BCUT2D eigenvalue weighted by Crippen LogP contribution is -2.12. The van der Waals surface area contributed by atoms with Crippen molar-refractivity contribution in [1.29, 1.82) is 0 Å². The predicted molar refractivity (Wildman–Crippen MR) is 65.8 cm³/mol. The molecule has 80 valence electrons. The summed E-state index contributed by atoms with van der Waals surface area (Å²) in [6.07, 6.45) is 2.09. The third-order valence-corrected chi connectivity index (χ3v) is 4.18. The van der Waals surface area contributed by atoms with Crippen LogP contribution >= 0.6 is 27.3 Å². The molecular formula is C11H17BrOS. The smallest absolute Gasteiger partial charge is 0.0462 e. The minimum absolute atomic E-state index is 0.294. The third kappa shape index (κ3) is 3.71. The van der Waals surface area contributed by atoms with Gasteiger partial charge in [0.2, 0.25) is 0 Å². The molecular weight excluding hydrogens is 260 g/mol. The normalized spacial score (nSPS) is 13.5. The van der Waals surface area contributed by atoms with Gasteiger partial charge in [-0.15, -0.1) is 11.3 Å². The Bertz CT molecular complexity index is 270. The highest BCUT2D eigenvalue weighted by Crippen LogP contribution is 2.27. The van der Waals surface area contributed by atoms with Crippen LogP contribution in [0.1, 0.15) is 25.1 Å². The molecule has 0 spiro atoms. The zero-order valence-corrected chi connectivity index (χ0v) is 11.1. The molecule has 0 aliphatic carbocycles. The number of thiophene rings is 1. The van der Waals surface area contributed by atoms with Gasteiger partial charge in [0, 0.05) is 16.0 Å². The van der Waals surface area contributed by atoms with Gasteiger partial charge in [-0.2, -0.15) is 0 Å². The van der Waals surface area contributed by atoms with Crippen molar-refractivity contribution in [3.63, 3.8) is 0 Å². The molecule has 0 aliphatic rings. The number of hydrogen-bond acceptors (Lipinski definition) is 2. The molecule has 0 saturated carbocycles. The lowest BCUT2D eigenvalue weighted by atomic mass is 9.94. The van der Waals surface area contributed by atoms with Gasteiger partial charge >= 0.3 is 0 Å². The highest BCUT2D eigenvalue weighted by atomic mass is 79.9. The molecule has 1 aromatic rings. The molecule has 1 N–H and O–H groups in total. The second-order valence-electron chi connectivity index (χ2n) is 4.07. The first-order valence-corrected chi connectivity index (χ1v) is 6.63. The molecule has 14 heavy (non-hydrogen) atoms. The average Bonchev–Trinajstić information content (AvgIpc) is 2.50. The van der Waals surface area contributed by atoms with E-state index in [1.807, 2.05) is 0 Å². The summed E-state index contributed by atoms with van der Waals surface area (Å²) in [7, 11) is 0. The monoisotopic (exact) mass is 276 g/mol. The van der Waals surface area contributed by atoms with Crippen molar-refractivity contribution >= 4 is 27.3 Å². The van der Waals surface area contributed by atoms with Gasteiger partial charge in [0.25, 0.3) is 0 Å². The van der Waals surface area contributed by atoms with Crippen LogP contribution in [0.25, 0.3) is 0 Å². The van der Waals surface area contributed by atoms with Crippen LogP contribution < -0.4 is 0 Å². The van der Waals surface area contributed by atoms with E-state index in [-0.39, 0.29) is 0 Å². The van der Waals surface area contributed by atoms with Gasteiger partial charge in [-0.25, -0.2) is 0 Å². The van der Waals surface area contributed by atoms with Crippen molar-refractivity contribution in [3.8, 4) is 0 Å². The van der Waals surface area contributed by atoms with Crippen LogP contribution in [-0.4, -0.2) is 11.7 Å². The summed E-state index contributed by atoms with van der Waals surface area (Å²) < 4.78 is 1.18. The first-order valence-electron chi connectivity index (χ1n) is 4.96. The quantitative estimate of drug-likeness (QED) is 0.870. The number of rotatable bonds is 5. The molecule has 1 aromatic heterocycles. The van der Waals surface area contributed by atoms with Crippen LogP contribution in [0.3, 0.4) is 0 Å². The number of aliphatic hydroxyl groups is 1. The number of halogens is 1.